The summed E-state index contributed by atoms with van der Waals surface area (Å²) in [6, 6.07) is 2.95. The number of carbonyl (C=O) groups excluding carboxylic acids is 1. The molecule has 2 N–H and O–H groups in total. The zero-order valence-electron chi connectivity index (χ0n) is 11.3. The predicted octanol–water partition coefficient (Wildman–Crippen LogP) is 3.10. The molecule has 1 aromatic carbocycles. The molecule has 0 spiro atoms. The number of carbonyl (C=O) groups is 1. The maximum absolute atomic E-state index is 13.9. The van der Waals surface area contributed by atoms with E-state index >= 15 is 0 Å². The molecule has 0 radical (unpaired) electrons. The summed E-state index contributed by atoms with van der Waals surface area (Å²) in [6.45, 7) is 1.39. The van der Waals surface area contributed by atoms with Gasteiger partial charge in [-0.3, -0.25) is 4.79 Å². The van der Waals surface area contributed by atoms with E-state index in [1.165, 1.54) is 20.2 Å². The van der Waals surface area contributed by atoms with Gasteiger partial charge in [-0.25, -0.2) is 18.2 Å². The molecule has 21 heavy (non-hydrogen) atoms. The number of anilines is 2. The van der Waals surface area contributed by atoms with Crippen LogP contribution in [0.2, 0.25) is 0 Å². The molecular weight excluding hydrogens is 283 g/mol. The van der Waals surface area contributed by atoms with E-state index in [2.05, 4.69) is 15.6 Å². The quantitative estimate of drug-likeness (QED) is 0.915. The lowest BCUT2D eigenvalue weighted by Gasteiger charge is -2.10. The Hall–Kier alpha value is -2.57. The Balaban J connectivity index is 2.33. The Kier molecular flexibility index (Phi) is 4.11. The van der Waals surface area contributed by atoms with E-state index in [9.17, 15) is 18.0 Å². The third-order valence-electron chi connectivity index (χ3n) is 2.87. The molecule has 0 fully saturated rings. The minimum atomic E-state index is -0.895. The number of hydrogen-bond acceptors (Lipinski definition) is 3. The number of nitrogens with one attached hydrogen (secondary N) is 2. The van der Waals surface area contributed by atoms with Crippen LogP contribution in [0, 0.1) is 24.4 Å². The largest absolute Gasteiger partial charge is 0.371 e. The normalized spacial score (nSPS) is 10.3. The molecule has 0 saturated heterocycles. The molecule has 0 aliphatic carbocycles. The summed E-state index contributed by atoms with van der Waals surface area (Å²) in [5.41, 5.74) is -0.571. The van der Waals surface area contributed by atoms with Crippen LogP contribution in [-0.4, -0.2) is 17.9 Å². The highest BCUT2D eigenvalue weighted by molar-refractivity contribution is 6.05. The number of nitrogens with zero attached hydrogens (tertiary/aromatic N) is 1. The second kappa shape index (κ2) is 5.82. The summed E-state index contributed by atoms with van der Waals surface area (Å²) in [4.78, 5) is 15.6. The van der Waals surface area contributed by atoms with E-state index in [4.69, 9.17) is 0 Å². The molecule has 2 rings (SSSR count). The van der Waals surface area contributed by atoms with Crippen LogP contribution in [-0.2, 0) is 0 Å². The van der Waals surface area contributed by atoms with Crippen LogP contribution in [0.25, 0.3) is 0 Å². The molecule has 0 unspecified atom stereocenters. The molecule has 1 amide bonds. The van der Waals surface area contributed by atoms with Crippen molar-refractivity contribution in [3.05, 3.63) is 53.0 Å². The number of hydrogen-bond donors (Lipinski definition) is 2. The Labute approximate surface area is 119 Å². The highest BCUT2D eigenvalue weighted by Gasteiger charge is 2.17. The van der Waals surface area contributed by atoms with Gasteiger partial charge in [0.05, 0.1) is 11.3 Å². The van der Waals surface area contributed by atoms with Gasteiger partial charge in [0.1, 0.15) is 11.6 Å². The van der Waals surface area contributed by atoms with Gasteiger partial charge in [-0.1, -0.05) is 0 Å². The minimum absolute atomic E-state index is 0.109. The van der Waals surface area contributed by atoms with Crippen molar-refractivity contribution in [1.29, 1.82) is 0 Å². The Morgan fingerprint density at radius 2 is 1.90 bits per heavy atom. The fraction of sp³-hybridized carbons (Fsp3) is 0.143. The van der Waals surface area contributed by atoms with Crippen molar-refractivity contribution in [1.82, 2.24) is 4.98 Å². The van der Waals surface area contributed by atoms with Crippen LogP contribution in [0.1, 0.15) is 15.9 Å². The van der Waals surface area contributed by atoms with Gasteiger partial charge in [-0.2, -0.15) is 0 Å². The van der Waals surface area contributed by atoms with Crippen molar-refractivity contribution in [2.75, 3.05) is 17.7 Å². The van der Waals surface area contributed by atoms with Gasteiger partial charge in [-0.05, 0) is 24.6 Å². The zero-order chi connectivity index (χ0) is 15.6. The second-order valence-electron chi connectivity index (χ2n) is 4.31. The van der Waals surface area contributed by atoms with Gasteiger partial charge < -0.3 is 10.6 Å². The molecule has 0 atom stereocenters. The first kappa shape index (κ1) is 14.8. The highest BCUT2D eigenvalue weighted by atomic mass is 19.1. The van der Waals surface area contributed by atoms with E-state index in [1.54, 1.807) is 0 Å². The first-order valence-corrected chi connectivity index (χ1v) is 6.03. The fourth-order valence-electron chi connectivity index (χ4n) is 1.73. The van der Waals surface area contributed by atoms with E-state index < -0.39 is 23.4 Å². The van der Waals surface area contributed by atoms with Gasteiger partial charge in [-0.15, -0.1) is 0 Å². The van der Waals surface area contributed by atoms with Crippen molar-refractivity contribution in [2.45, 2.75) is 6.92 Å². The highest BCUT2D eigenvalue weighted by Crippen LogP contribution is 2.21. The number of rotatable bonds is 3. The molecule has 110 valence electrons. The van der Waals surface area contributed by atoms with Crippen LogP contribution < -0.4 is 10.6 Å². The predicted molar refractivity (Wildman–Crippen MR) is 72.8 cm³/mol. The number of halogens is 3. The molecule has 0 bridgehead atoms. The van der Waals surface area contributed by atoms with Crippen molar-refractivity contribution in [2.24, 2.45) is 0 Å². The standard InChI is InChI=1S/C14H12F3N3O/c1-7-5-10(16)11(6-9(7)15)20-14(21)8-3-4-19-13(18-2)12(8)17/h3-6H,1-2H3,(H,18,19)(H,20,21). The van der Waals surface area contributed by atoms with E-state index in [0.29, 0.717) is 0 Å². The molecule has 2 aromatic rings. The maximum Gasteiger partial charge on any atom is 0.258 e. The molecule has 0 aliphatic heterocycles. The SMILES string of the molecule is CNc1nccc(C(=O)Nc2cc(F)c(C)cc2F)c1F. The number of amides is 1. The second-order valence-corrected chi connectivity index (χ2v) is 4.31. The Morgan fingerprint density at radius 1 is 1.19 bits per heavy atom. The summed E-state index contributed by atoms with van der Waals surface area (Å²) >= 11 is 0. The summed E-state index contributed by atoms with van der Waals surface area (Å²) in [7, 11) is 1.45. The number of pyridine rings is 1. The number of aryl methyl sites for hydroxylation is 1. The molecule has 1 heterocycles. The van der Waals surface area contributed by atoms with Crippen LogP contribution in [0.3, 0.4) is 0 Å². The van der Waals surface area contributed by atoms with Gasteiger partial charge in [0.15, 0.2) is 11.6 Å². The van der Waals surface area contributed by atoms with Gasteiger partial charge in [0, 0.05) is 19.3 Å². The molecule has 7 heteroatoms. The van der Waals surface area contributed by atoms with E-state index in [0.717, 1.165) is 18.2 Å². The third-order valence-corrected chi connectivity index (χ3v) is 2.87. The zero-order valence-corrected chi connectivity index (χ0v) is 11.3. The summed E-state index contributed by atoms with van der Waals surface area (Å²) in [5.74, 6) is -3.35. The first-order chi connectivity index (χ1) is 9.93. The van der Waals surface area contributed by atoms with Crippen molar-refractivity contribution >= 4 is 17.4 Å². The van der Waals surface area contributed by atoms with Crippen LogP contribution in [0.15, 0.2) is 24.4 Å². The molecular formula is C14H12F3N3O. The summed E-state index contributed by atoms with van der Waals surface area (Å²) < 4.78 is 41.0. The fourth-order valence-corrected chi connectivity index (χ4v) is 1.73. The smallest absolute Gasteiger partial charge is 0.258 e. The average Bonchev–Trinajstić information content (AvgIpc) is 2.44. The van der Waals surface area contributed by atoms with Gasteiger partial charge in [0.25, 0.3) is 5.91 Å². The number of benzene rings is 1. The van der Waals surface area contributed by atoms with Gasteiger partial charge >= 0.3 is 0 Å². The van der Waals surface area contributed by atoms with Crippen LogP contribution in [0.4, 0.5) is 24.7 Å². The Bertz CT molecular complexity index is 704. The van der Waals surface area contributed by atoms with E-state index in [1.807, 2.05) is 0 Å². The molecule has 0 aliphatic rings. The lowest BCUT2D eigenvalue weighted by Crippen LogP contribution is -2.16. The van der Waals surface area contributed by atoms with Gasteiger partial charge in [0.2, 0.25) is 0 Å². The van der Waals surface area contributed by atoms with Crippen molar-refractivity contribution in [3.8, 4) is 0 Å². The lowest BCUT2D eigenvalue weighted by atomic mass is 10.2. The van der Waals surface area contributed by atoms with E-state index in [-0.39, 0.29) is 22.6 Å². The molecule has 1 aromatic heterocycles. The minimum Gasteiger partial charge on any atom is -0.371 e. The molecule has 4 nitrogen and oxygen atoms in total. The molecule has 0 saturated carbocycles. The number of aromatic nitrogens is 1. The summed E-state index contributed by atoms with van der Waals surface area (Å²) in [5, 5.41) is 4.62. The Morgan fingerprint density at radius 3 is 2.57 bits per heavy atom. The van der Waals surface area contributed by atoms with Crippen molar-refractivity contribution in [3.63, 3.8) is 0 Å². The lowest BCUT2D eigenvalue weighted by molar-refractivity contribution is 0.102. The monoisotopic (exact) mass is 295 g/mol. The van der Waals surface area contributed by atoms with Crippen LogP contribution in [0.5, 0.6) is 0 Å². The van der Waals surface area contributed by atoms with Crippen LogP contribution >= 0.6 is 0 Å². The topological polar surface area (TPSA) is 54.0 Å². The summed E-state index contributed by atoms with van der Waals surface area (Å²) in [6.07, 6.45) is 1.23. The average molecular weight is 295 g/mol. The van der Waals surface area contributed by atoms with Crippen molar-refractivity contribution < 1.29 is 18.0 Å². The first-order valence-electron chi connectivity index (χ1n) is 6.03. The third kappa shape index (κ3) is 2.96. The maximum atomic E-state index is 13.9.